The first-order chi connectivity index (χ1) is 12.3. The van der Waals surface area contributed by atoms with Gasteiger partial charge in [0.15, 0.2) is 5.78 Å². The van der Waals surface area contributed by atoms with E-state index in [0.29, 0.717) is 0 Å². The molecule has 27 heavy (non-hydrogen) atoms. The molecule has 0 N–H and O–H groups in total. The highest BCUT2D eigenvalue weighted by molar-refractivity contribution is 6.12. The molecule has 0 spiro atoms. The number of amides is 1. The zero-order valence-electron chi connectivity index (χ0n) is 17.0. The molecule has 1 saturated heterocycles. The Morgan fingerprint density at radius 2 is 1.56 bits per heavy atom. The first kappa shape index (κ1) is 20.9. The maximum Gasteiger partial charge on any atom is 0.411 e. The van der Waals surface area contributed by atoms with Gasteiger partial charge in [-0.15, -0.1) is 0 Å². The molecule has 1 aliphatic rings. The summed E-state index contributed by atoms with van der Waals surface area (Å²) in [5, 5.41) is 0. The van der Waals surface area contributed by atoms with Crippen molar-refractivity contribution < 1.29 is 23.9 Å². The van der Waals surface area contributed by atoms with Crippen LogP contribution in [0.25, 0.3) is 0 Å². The highest BCUT2D eigenvalue weighted by atomic mass is 16.6. The highest BCUT2D eigenvalue weighted by Gasteiger charge is 2.59. The number of ether oxygens (including phenoxy) is 2. The van der Waals surface area contributed by atoms with Gasteiger partial charge in [0.25, 0.3) is 0 Å². The van der Waals surface area contributed by atoms with Crippen molar-refractivity contribution in [3.8, 4) is 0 Å². The quantitative estimate of drug-likeness (QED) is 0.597. The average Bonchev–Trinajstić information content (AvgIpc) is 2.83. The van der Waals surface area contributed by atoms with Gasteiger partial charge in [0.1, 0.15) is 11.2 Å². The van der Waals surface area contributed by atoms with Crippen LogP contribution in [0.3, 0.4) is 0 Å². The van der Waals surface area contributed by atoms with Crippen LogP contribution in [0.1, 0.15) is 53.5 Å². The van der Waals surface area contributed by atoms with Crippen LogP contribution in [0.4, 0.5) is 4.79 Å². The molecule has 6 heteroatoms. The van der Waals surface area contributed by atoms with E-state index >= 15 is 0 Å². The van der Waals surface area contributed by atoms with Crippen molar-refractivity contribution in [2.75, 3.05) is 6.54 Å². The second-order valence-electron chi connectivity index (χ2n) is 8.83. The van der Waals surface area contributed by atoms with E-state index in [2.05, 4.69) is 0 Å². The predicted molar refractivity (Wildman–Crippen MR) is 101 cm³/mol. The van der Waals surface area contributed by atoms with Gasteiger partial charge >= 0.3 is 12.1 Å². The molecule has 1 amide bonds. The fraction of sp³-hybridized carbons (Fsp3) is 0.571. The van der Waals surface area contributed by atoms with Gasteiger partial charge in [0, 0.05) is 19.4 Å². The number of nitrogens with zero attached hydrogens (tertiary/aromatic N) is 1. The van der Waals surface area contributed by atoms with Gasteiger partial charge < -0.3 is 9.47 Å². The Kier molecular flexibility index (Phi) is 5.68. The number of hydrogen-bond acceptors (Lipinski definition) is 5. The minimum Gasteiger partial charge on any atom is -0.458 e. The minimum absolute atomic E-state index is 0.0564. The van der Waals surface area contributed by atoms with Gasteiger partial charge in [0.05, 0.1) is 0 Å². The summed E-state index contributed by atoms with van der Waals surface area (Å²) in [4.78, 5) is 40.2. The molecule has 0 aromatic heterocycles. The van der Waals surface area contributed by atoms with Gasteiger partial charge in [0.2, 0.25) is 5.54 Å². The Labute approximate surface area is 160 Å². The van der Waals surface area contributed by atoms with Crippen LogP contribution >= 0.6 is 0 Å². The van der Waals surface area contributed by atoms with Crippen LogP contribution in [-0.4, -0.2) is 46.0 Å². The van der Waals surface area contributed by atoms with Crippen molar-refractivity contribution >= 4 is 17.8 Å². The third kappa shape index (κ3) is 4.87. The fourth-order valence-corrected chi connectivity index (χ4v) is 3.07. The molecule has 1 atom stereocenters. The monoisotopic (exact) mass is 375 g/mol. The molecule has 6 nitrogen and oxygen atoms in total. The Morgan fingerprint density at radius 3 is 2.07 bits per heavy atom. The second kappa shape index (κ2) is 7.33. The van der Waals surface area contributed by atoms with Crippen molar-refractivity contribution in [3.05, 3.63) is 35.9 Å². The van der Waals surface area contributed by atoms with Crippen LogP contribution in [-0.2, 0) is 25.5 Å². The summed E-state index contributed by atoms with van der Waals surface area (Å²) in [5.74, 6) is -1.04. The molecule has 0 saturated carbocycles. The number of rotatable bonds is 3. The van der Waals surface area contributed by atoms with Gasteiger partial charge in [-0.1, -0.05) is 30.3 Å². The molecular formula is C21H29NO5. The summed E-state index contributed by atoms with van der Waals surface area (Å²) in [7, 11) is 0. The lowest BCUT2D eigenvalue weighted by molar-refractivity contribution is -0.169. The van der Waals surface area contributed by atoms with Crippen LogP contribution < -0.4 is 0 Å². The van der Waals surface area contributed by atoms with Crippen LogP contribution in [0.15, 0.2) is 30.3 Å². The molecule has 0 bridgehead atoms. The number of carbonyl (C=O) groups is 3. The summed E-state index contributed by atoms with van der Waals surface area (Å²) in [6.45, 7) is 10.6. The molecule has 1 aromatic rings. The van der Waals surface area contributed by atoms with E-state index in [0.717, 1.165) is 5.56 Å². The van der Waals surface area contributed by atoms with Gasteiger partial charge in [-0.25, -0.2) is 9.59 Å². The maximum absolute atomic E-state index is 13.2. The summed E-state index contributed by atoms with van der Waals surface area (Å²) in [6.07, 6.45) is -0.540. The number of carbonyl (C=O) groups excluding carboxylic acids is 3. The first-order valence-electron chi connectivity index (χ1n) is 9.16. The molecule has 0 radical (unpaired) electrons. The molecule has 1 fully saturated rings. The van der Waals surface area contributed by atoms with Crippen molar-refractivity contribution in [2.45, 2.75) is 71.1 Å². The van der Waals surface area contributed by atoms with Gasteiger partial charge in [-0.3, -0.25) is 9.69 Å². The van der Waals surface area contributed by atoms with Crippen molar-refractivity contribution in [1.82, 2.24) is 4.90 Å². The standard InChI is InChI=1S/C21H29NO5/c1-19(2,3)26-17(24)21(14-15-10-8-7-9-11-15)16(23)12-13-22(21)18(25)27-20(4,5)6/h7-11H,12-14H2,1-6H3. The third-order valence-corrected chi connectivity index (χ3v) is 4.14. The topological polar surface area (TPSA) is 72.9 Å². The lowest BCUT2D eigenvalue weighted by Gasteiger charge is -2.37. The summed E-state index contributed by atoms with van der Waals surface area (Å²) < 4.78 is 11.0. The zero-order valence-corrected chi connectivity index (χ0v) is 17.0. The van der Waals surface area contributed by atoms with Gasteiger partial charge in [-0.2, -0.15) is 0 Å². The van der Waals surface area contributed by atoms with Crippen LogP contribution in [0.2, 0.25) is 0 Å². The van der Waals surface area contributed by atoms with Crippen LogP contribution in [0, 0.1) is 0 Å². The number of likely N-dealkylation sites (tertiary alicyclic amines) is 1. The summed E-state index contributed by atoms with van der Waals surface area (Å²) in [5.41, 5.74) is -2.47. The van der Waals surface area contributed by atoms with E-state index in [1.165, 1.54) is 4.90 Å². The third-order valence-electron chi connectivity index (χ3n) is 4.14. The van der Waals surface area contributed by atoms with E-state index in [1.54, 1.807) is 41.5 Å². The maximum atomic E-state index is 13.2. The van der Waals surface area contributed by atoms with Crippen molar-refractivity contribution in [1.29, 1.82) is 0 Å². The minimum atomic E-state index is -1.71. The first-order valence-corrected chi connectivity index (χ1v) is 9.16. The van der Waals surface area contributed by atoms with E-state index in [-0.39, 0.29) is 25.2 Å². The molecule has 1 aliphatic heterocycles. The van der Waals surface area contributed by atoms with Crippen molar-refractivity contribution in [3.63, 3.8) is 0 Å². The Morgan fingerprint density at radius 1 is 1.00 bits per heavy atom. The normalized spacial score (nSPS) is 20.5. The number of ketones is 1. The number of Topliss-reactive ketones (excluding diaryl/α,β-unsaturated/α-hetero) is 1. The summed E-state index contributed by atoms with van der Waals surface area (Å²) >= 11 is 0. The molecule has 1 heterocycles. The van der Waals surface area contributed by atoms with E-state index in [4.69, 9.17) is 9.47 Å². The van der Waals surface area contributed by atoms with Gasteiger partial charge in [-0.05, 0) is 47.1 Å². The lowest BCUT2D eigenvalue weighted by Crippen LogP contribution is -2.60. The summed E-state index contributed by atoms with van der Waals surface area (Å²) in [6, 6.07) is 9.16. The molecule has 0 aliphatic carbocycles. The van der Waals surface area contributed by atoms with Crippen molar-refractivity contribution in [2.24, 2.45) is 0 Å². The highest BCUT2D eigenvalue weighted by Crippen LogP contribution is 2.34. The molecular weight excluding hydrogens is 346 g/mol. The molecule has 2 rings (SSSR count). The smallest absolute Gasteiger partial charge is 0.411 e. The van der Waals surface area contributed by atoms with E-state index < -0.39 is 28.8 Å². The average molecular weight is 375 g/mol. The van der Waals surface area contributed by atoms with E-state index in [1.807, 2.05) is 30.3 Å². The fourth-order valence-electron chi connectivity index (χ4n) is 3.07. The largest absolute Gasteiger partial charge is 0.458 e. The molecule has 148 valence electrons. The SMILES string of the molecule is CC(C)(C)OC(=O)N1CCC(=O)C1(Cc1ccccc1)C(=O)OC(C)(C)C. The predicted octanol–water partition coefficient (Wildman–Crippen LogP) is 3.52. The van der Waals surface area contributed by atoms with Crippen LogP contribution in [0.5, 0.6) is 0 Å². The second-order valence-corrected chi connectivity index (χ2v) is 8.83. The number of benzene rings is 1. The lowest BCUT2D eigenvalue weighted by atomic mass is 9.87. The van der Waals surface area contributed by atoms with E-state index in [9.17, 15) is 14.4 Å². The molecule has 1 aromatic carbocycles. The number of esters is 1. The Hall–Kier alpha value is -2.37. The zero-order chi connectivity index (χ0) is 20.5. The number of hydrogen-bond donors (Lipinski definition) is 0. The molecule has 1 unspecified atom stereocenters. The Bertz CT molecular complexity index is 714. The Balaban J connectivity index is 2.48.